The van der Waals surface area contributed by atoms with E-state index in [0.717, 1.165) is 16.7 Å². The van der Waals surface area contributed by atoms with Crippen LogP contribution in [0, 0.1) is 12.1 Å². The van der Waals surface area contributed by atoms with Gasteiger partial charge in [-0.15, -0.1) is 0 Å². The van der Waals surface area contributed by atoms with Crippen molar-refractivity contribution in [1.29, 1.82) is 0 Å². The number of furan rings is 1. The van der Waals surface area contributed by atoms with Crippen LogP contribution in [0.5, 0.6) is 0 Å². The van der Waals surface area contributed by atoms with E-state index in [9.17, 15) is 4.39 Å². The van der Waals surface area contributed by atoms with Crippen LogP contribution in [0.4, 0.5) is 4.39 Å². The van der Waals surface area contributed by atoms with Gasteiger partial charge in [0.2, 0.25) is 0 Å². The van der Waals surface area contributed by atoms with Gasteiger partial charge in [0, 0.05) is 37.6 Å². The Morgan fingerprint density at radius 3 is 2.13 bits per heavy atom. The van der Waals surface area contributed by atoms with Gasteiger partial charge >= 0.3 is 0 Å². The van der Waals surface area contributed by atoms with Gasteiger partial charge in [0.05, 0.1) is 16.9 Å². The second kappa shape index (κ2) is 10.3. The molecule has 38 heavy (non-hydrogen) atoms. The van der Waals surface area contributed by atoms with Crippen molar-refractivity contribution in [3.8, 4) is 28.2 Å². The minimum Gasteiger partial charge on any atom is -0.557 e. The third-order valence-corrected chi connectivity index (χ3v) is 7.00. The van der Waals surface area contributed by atoms with E-state index in [0.29, 0.717) is 22.4 Å². The Morgan fingerprint density at radius 1 is 0.789 bits per heavy atom. The van der Waals surface area contributed by atoms with Crippen LogP contribution in [0.15, 0.2) is 89.3 Å². The van der Waals surface area contributed by atoms with Gasteiger partial charge in [-0.1, -0.05) is 93.2 Å². The third kappa shape index (κ3) is 4.40. The summed E-state index contributed by atoms with van der Waals surface area (Å²) in [5.41, 5.74) is 9.07. The first-order valence-corrected chi connectivity index (χ1v) is 12.7. The average molecular weight is 680 g/mol. The Hall–Kier alpha value is -3.53. The van der Waals surface area contributed by atoms with Gasteiger partial charge in [0.1, 0.15) is 5.82 Å². The minimum atomic E-state index is -0.316. The van der Waals surface area contributed by atoms with E-state index in [2.05, 4.69) is 81.0 Å². The average Bonchev–Trinajstić information content (AvgIpc) is 3.49. The zero-order valence-corrected chi connectivity index (χ0v) is 24.1. The van der Waals surface area contributed by atoms with Gasteiger partial charge in [-0.05, 0) is 64.4 Å². The zero-order chi connectivity index (χ0) is 25.7. The fourth-order valence-electron chi connectivity index (χ4n) is 5.15. The van der Waals surface area contributed by atoms with Gasteiger partial charge < -0.3 is 8.98 Å². The van der Waals surface area contributed by atoms with Crippen LogP contribution in [0.1, 0.15) is 50.7 Å². The van der Waals surface area contributed by atoms with Crippen LogP contribution in [0.3, 0.4) is 0 Å². The molecular weight excluding hydrogens is 652 g/mol. The molecule has 1 radical (unpaired) electrons. The first-order chi connectivity index (χ1) is 17.9. The fourth-order valence-corrected chi connectivity index (χ4v) is 5.15. The largest absolute Gasteiger partial charge is 0.557 e. The summed E-state index contributed by atoms with van der Waals surface area (Å²) in [4.78, 5) is 5.04. The molecule has 2 aromatic heterocycles. The molecule has 3 nitrogen and oxygen atoms in total. The maximum Gasteiger partial charge on any atom is 0.113 e. The van der Waals surface area contributed by atoms with Crippen LogP contribution in [0.25, 0.3) is 50.2 Å². The monoisotopic (exact) mass is 680 g/mol. The van der Waals surface area contributed by atoms with Crippen LogP contribution in [-0.2, 0) is 20.1 Å². The van der Waals surface area contributed by atoms with Crippen molar-refractivity contribution in [1.82, 2.24) is 9.55 Å². The summed E-state index contributed by atoms with van der Waals surface area (Å²) in [6.07, 6.45) is 3.04. The Balaban J connectivity index is 0.00000294. The molecule has 4 aromatic carbocycles. The van der Waals surface area contributed by atoms with Crippen molar-refractivity contribution in [2.24, 2.45) is 0 Å². The molecule has 0 aliphatic carbocycles. The van der Waals surface area contributed by atoms with Gasteiger partial charge in [-0.25, -0.2) is 4.39 Å². The molecule has 0 aliphatic rings. The molecule has 2 heterocycles. The van der Waals surface area contributed by atoms with Gasteiger partial charge in [-0.2, -0.15) is 0 Å². The molecule has 0 saturated carbocycles. The molecule has 0 aliphatic heterocycles. The maximum atomic E-state index is 14.3. The van der Waals surface area contributed by atoms with E-state index < -0.39 is 0 Å². The number of para-hydroxylation sites is 2. The van der Waals surface area contributed by atoms with E-state index in [1.807, 2.05) is 24.3 Å². The number of rotatable bonds is 5. The van der Waals surface area contributed by atoms with Gasteiger partial charge in [-0.3, -0.25) is 4.98 Å². The minimum absolute atomic E-state index is 0. The van der Waals surface area contributed by atoms with Crippen LogP contribution in [-0.4, -0.2) is 9.55 Å². The summed E-state index contributed by atoms with van der Waals surface area (Å²) >= 11 is 0. The number of nitrogens with zero attached hydrogens (tertiary/aromatic N) is 2. The van der Waals surface area contributed by atoms with Crippen LogP contribution < -0.4 is 0 Å². The molecule has 0 spiro atoms. The van der Waals surface area contributed by atoms with Crippen LogP contribution in [0.2, 0.25) is 0 Å². The zero-order valence-electron chi connectivity index (χ0n) is 21.8. The number of fused-ring (bicyclic) bond motifs is 2. The molecule has 0 atom stereocenters. The van der Waals surface area contributed by atoms with Crippen molar-refractivity contribution in [2.75, 3.05) is 0 Å². The van der Waals surface area contributed by atoms with Crippen molar-refractivity contribution in [3.05, 3.63) is 108 Å². The molecule has 0 N–H and O–H groups in total. The van der Waals surface area contributed by atoms with E-state index in [-0.39, 0.29) is 37.8 Å². The standard InChI is InChI=1S/C33H28FN2O.Ir/c1-20(2)25-16-23(22-10-6-5-7-11-22)17-26(21(3)4)32(25)36-30-13-9-8-12-29(30)35-33(36)28-19-37-31-15-14-24(34)18-27(28)31;/h5-18,20-21H,1-4H3;/q-1;. The predicted octanol–water partition coefficient (Wildman–Crippen LogP) is 9.29. The van der Waals surface area contributed by atoms with Crippen molar-refractivity contribution in [2.45, 2.75) is 39.5 Å². The van der Waals surface area contributed by atoms with Crippen molar-refractivity contribution < 1.29 is 28.9 Å². The number of aromatic nitrogens is 2. The second-order valence-electron chi connectivity index (χ2n) is 10.2. The number of imidazole rings is 1. The number of benzene rings is 4. The number of hydrogen-bond donors (Lipinski definition) is 0. The summed E-state index contributed by atoms with van der Waals surface area (Å²) in [5.74, 6) is 0.895. The fraction of sp³-hybridized carbons (Fsp3) is 0.182. The smallest absolute Gasteiger partial charge is 0.113 e. The second-order valence-corrected chi connectivity index (χ2v) is 10.2. The number of halogens is 1. The molecular formula is C33H28FIrN2O-. The van der Waals surface area contributed by atoms with Crippen molar-refractivity contribution in [3.63, 3.8) is 0 Å². The van der Waals surface area contributed by atoms with Crippen LogP contribution >= 0.6 is 0 Å². The first-order valence-electron chi connectivity index (χ1n) is 12.7. The number of hydrogen-bond acceptors (Lipinski definition) is 2. The maximum absolute atomic E-state index is 14.3. The molecule has 0 amide bonds. The van der Waals surface area contributed by atoms with E-state index in [1.165, 1.54) is 34.4 Å². The van der Waals surface area contributed by atoms with E-state index in [4.69, 9.17) is 9.40 Å². The first kappa shape index (κ1) is 26.1. The molecule has 0 unspecified atom stereocenters. The molecule has 193 valence electrons. The van der Waals surface area contributed by atoms with E-state index >= 15 is 0 Å². The molecule has 0 saturated heterocycles. The third-order valence-electron chi connectivity index (χ3n) is 7.00. The van der Waals surface area contributed by atoms with Gasteiger partial charge in [0.25, 0.3) is 0 Å². The Labute approximate surface area is 235 Å². The SMILES string of the molecule is CC(C)c1cc(-c2ccccc2)cc(C(C)C)c1-n1c(-c2[c-]oc3ccc(F)cc23)nc2ccccc21.[Ir]. The predicted molar refractivity (Wildman–Crippen MR) is 149 cm³/mol. The molecule has 6 rings (SSSR count). The molecule has 0 bridgehead atoms. The van der Waals surface area contributed by atoms with E-state index in [1.54, 1.807) is 6.07 Å². The Bertz CT molecular complexity index is 1720. The van der Waals surface area contributed by atoms with Gasteiger partial charge in [0.15, 0.2) is 0 Å². The van der Waals surface area contributed by atoms with Crippen molar-refractivity contribution >= 4 is 22.0 Å². The normalized spacial score (nSPS) is 11.6. The topological polar surface area (TPSA) is 31.0 Å². The summed E-state index contributed by atoms with van der Waals surface area (Å²) in [5, 5.41) is 0.662. The molecule has 6 aromatic rings. The quantitative estimate of drug-likeness (QED) is 0.170. The molecule has 5 heteroatoms. The summed E-state index contributed by atoms with van der Waals surface area (Å²) in [7, 11) is 0. The molecule has 0 fully saturated rings. The summed E-state index contributed by atoms with van der Waals surface area (Å²) in [6.45, 7) is 8.91. The summed E-state index contributed by atoms with van der Waals surface area (Å²) < 4.78 is 22.3. The Morgan fingerprint density at radius 2 is 1.45 bits per heavy atom. The summed E-state index contributed by atoms with van der Waals surface area (Å²) in [6, 6.07) is 27.8. The Kier molecular flexibility index (Phi) is 7.09.